The second kappa shape index (κ2) is 9.66. The summed E-state index contributed by atoms with van der Waals surface area (Å²) in [6.45, 7) is 7.42. The van der Waals surface area contributed by atoms with Gasteiger partial charge in [0.05, 0.1) is 6.54 Å². The van der Waals surface area contributed by atoms with E-state index in [1.165, 1.54) is 5.56 Å². The predicted molar refractivity (Wildman–Crippen MR) is 120 cm³/mol. The molecular formula is C24H28ClN3O. The van der Waals surface area contributed by atoms with E-state index in [1.54, 1.807) is 0 Å². The fourth-order valence-electron chi connectivity index (χ4n) is 3.21. The number of benzene rings is 2. The van der Waals surface area contributed by atoms with Crippen LogP contribution >= 0.6 is 11.6 Å². The second-order valence-corrected chi connectivity index (χ2v) is 7.81. The van der Waals surface area contributed by atoms with Gasteiger partial charge in [0.2, 0.25) is 0 Å². The van der Waals surface area contributed by atoms with Crippen molar-refractivity contribution in [1.29, 1.82) is 0 Å². The van der Waals surface area contributed by atoms with Crippen LogP contribution in [0.2, 0.25) is 5.02 Å². The summed E-state index contributed by atoms with van der Waals surface area (Å²) in [6, 6.07) is 19.8. The Labute approximate surface area is 178 Å². The average Bonchev–Trinajstić information content (AvgIpc) is 3.15. The van der Waals surface area contributed by atoms with Gasteiger partial charge in [0.1, 0.15) is 0 Å². The smallest absolute Gasteiger partial charge is 0.322 e. The van der Waals surface area contributed by atoms with Crippen LogP contribution in [0.3, 0.4) is 0 Å². The van der Waals surface area contributed by atoms with Crippen molar-refractivity contribution in [3.05, 3.63) is 88.7 Å². The molecule has 3 rings (SSSR count). The molecule has 0 spiro atoms. The molecular weight excluding hydrogens is 382 g/mol. The van der Waals surface area contributed by atoms with E-state index in [4.69, 9.17) is 11.6 Å². The monoisotopic (exact) mass is 409 g/mol. The molecule has 1 atom stereocenters. The van der Waals surface area contributed by atoms with Crippen molar-refractivity contribution < 1.29 is 4.79 Å². The number of rotatable bonds is 7. The van der Waals surface area contributed by atoms with E-state index < -0.39 is 0 Å². The zero-order valence-electron chi connectivity index (χ0n) is 17.2. The van der Waals surface area contributed by atoms with E-state index >= 15 is 0 Å². The first kappa shape index (κ1) is 21.0. The quantitative estimate of drug-likeness (QED) is 0.486. The molecule has 1 heterocycles. The zero-order chi connectivity index (χ0) is 20.8. The van der Waals surface area contributed by atoms with Crippen LogP contribution in [0.1, 0.15) is 37.1 Å². The summed E-state index contributed by atoms with van der Waals surface area (Å²) in [5.41, 5.74) is 4.11. The lowest BCUT2D eigenvalue weighted by atomic mass is 10.2. The predicted octanol–water partition coefficient (Wildman–Crippen LogP) is 6.33. The molecule has 0 aliphatic carbocycles. The van der Waals surface area contributed by atoms with Crippen LogP contribution in [0.4, 0.5) is 10.5 Å². The van der Waals surface area contributed by atoms with Gasteiger partial charge in [-0.1, -0.05) is 54.4 Å². The van der Waals surface area contributed by atoms with Gasteiger partial charge in [0, 0.05) is 35.2 Å². The van der Waals surface area contributed by atoms with Crippen LogP contribution in [0.15, 0.2) is 66.9 Å². The lowest BCUT2D eigenvalue weighted by Crippen LogP contribution is -2.41. The topological polar surface area (TPSA) is 37.3 Å². The zero-order valence-corrected chi connectivity index (χ0v) is 18.0. The number of nitrogens with one attached hydrogen (secondary N) is 1. The third-order valence-corrected chi connectivity index (χ3v) is 5.61. The molecule has 29 heavy (non-hydrogen) atoms. The number of aryl methyl sites for hydroxylation is 1. The first-order valence-electron chi connectivity index (χ1n) is 9.99. The van der Waals surface area contributed by atoms with Crippen LogP contribution in [0.25, 0.3) is 0 Å². The highest BCUT2D eigenvalue weighted by Crippen LogP contribution is 2.20. The second-order valence-electron chi connectivity index (χ2n) is 7.40. The Morgan fingerprint density at radius 2 is 1.83 bits per heavy atom. The summed E-state index contributed by atoms with van der Waals surface area (Å²) in [4.78, 5) is 14.9. The first-order valence-corrected chi connectivity index (χ1v) is 10.4. The van der Waals surface area contributed by atoms with E-state index in [0.717, 1.165) is 28.4 Å². The number of carbonyl (C=O) groups is 1. The van der Waals surface area contributed by atoms with Gasteiger partial charge in [-0.05, 0) is 56.2 Å². The van der Waals surface area contributed by atoms with Crippen LogP contribution < -0.4 is 5.32 Å². The van der Waals surface area contributed by atoms with Crippen molar-refractivity contribution in [3.8, 4) is 0 Å². The molecule has 1 N–H and O–H groups in total. The Hall–Kier alpha value is -2.72. The molecule has 0 radical (unpaired) electrons. The lowest BCUT2D eigenvalue weighted by molar-refractivity contribution is 0.185. The highest BCUT2D eigenvalue weighted by molar-refractivity contribution is 6.31. The van der Waals surface area contributed by atoms with E-state index in [9.17, 15) is 4.79 Å². The molecule has 0 fully saturated rings. The van der Waals surface area contributed by atoms with Gasteiger partial charge in [-0.2, -0.15) is 0 Å². The minimum Gasteiger partial charge on any atom is -0.345 e. The van der Waals surface area contributed by atoms with Crippen molar-refractivity contribution in [2.75, 3.05) is 5.32 Å². The Bertz CT molecular complexity index is 949. The summed E-state index contributed by atoms with van der Waals surface area (Å²) < 4.78 is 2.15. The Kier molecular flexibility index (Phi) is 6.99. The van der Waals surface area contributed by atoms with Crippen LogP contribution in [0.5, 0.6) is 0 Å². The largest absolute Gasteiger partial charge is 0.345 e. The van der Waals surface area contributed by atoms with Crippen molar-refractivity contribution >= 4 is 23.3 Å². The summed E-state index contributed by atoms with van der Waals surface area (Å²) >= 11 is 6.34. The van der Waals surface area contributed by atoms with Gasteiger partial charge < -0.3 is 14.8 Å². The highest BCUT2D eigenvalue weighted by Gasteiger charge is 2.21. The molecule has 0 aliphatic heterocycles. The van der Waals surface area contributed by atoms with E-state index in [1.807, 2.05) is 72.6 Å². The van der Waals surface area contributed by atoms with E-state index in [-0.39, 0.29) is 12.1 Å². The normalized spacial score (nSPS) is 11.9. The summed E-state index contributed by atoms with van der Waals surface area (Å²) in [5.74, 6) is 0. The molecule has 0 saturated carbocycles. The molecule has 0 aliphatic rings. The number of hydrogen-bond donors (Lipinski definition) is 1. The minimum atomic E-state index is -0.0892. The van der Waals surface area contributed by atoms with Crippen molar-refractivity contribution in [3.63, 3.8) is 0 Å². The number of urea groups is 1. The maximum atomic E-state index is 13.0. The third kappa shape index (κ3) is 5.42. The molecule has 2 amide bonds. The first-order chi connectivity index (χ1) is 14.0. The fourth-order valence-corrected chi connectivity index (χ4v) is 3.41. The lowest BCUT2D eigenvalue weighted by Gasteiger charge is -2.29. The van der Waals surface area contributed by atoms with Gasteiger partial charge >= 0.3 is 6.03 Å². The molecule has 4 nitrogen and oxygen atoms in total. The Morgan fingerprint density at radius 3 is 2.52 bits per heavy atom. The molecule has 0 unspecified atom stereocenters. The van der Waals surface area contributed by atoms with E-state index in [0.29, 0.717) is 13.1 Å². The fraction of sp³-hybridized carbons (Fsp3) is 0.292. The number of anilines is 1. The van der Waals surface area contributed by atoms with Crippen molar-refractivity contribution in [2.45, 2.75) is 46.3 Å². The van der Waals surface area contributed by atoms with Gasteiger partial charge in [-0.25, -0.2) is 4.79 Å². The van der Waals surface area contributed by atoms with Gasteiger partial charge in [0.25, 0.3) is 0 Å². The van der Waals surface area contributed by atoms with E-state index in [2.05, 4.69) is 29.8 Å². The number of amides is 2. The molecule has 0 bridgehead atoms. The molecule has 152 valence electrons. The van der Waals surface area contributed by atoms with Gasteiger partial charge in [-0.3, -0.25) is 0 Å². The average molecular weight is 410 g/mol. The summed E-state index contributed by atoms with van der Waals surface area (Å²) in [5, 5.41) is 3.78. The number of aromatic nitrogens is 1. The maximum absolute atomic E-state index is 13.0. The number of carbonyl (C=O) groups excluding carboxylic acids is 1. The molecule has 1 aromatic heterocycles. The summed E-state index contributed by atoms with van der Waals surface area (Å²) in [6.07, 6.45) is 2.91. The maximum Gasteiger partial charge on any atom is 0.322 e. The number of nitrogens with zero attached hydrogens (tertiary/aromatic N) is 2. The molecule has 5 heteroatoms. The molecule has 0 saturated heterocycles. The Morgan fingerprint density at radius 1 is 1.10 bits per heavy atom. The van der Waals surface area contributed by atoms with Gasteiger partial charge in [0.15, 0.2) is 0 Å². The minimum absolute atomic E-state index is 0.0892. The standard InChI is InChI=1S/C24H28ClN3O/c1-4-19(3)28(24(29)26-21-13-11-18(2)12-14-21)17-22-9-7-15-27(22)16-20-8-5-6-10-23(20)25/h5-15,19H,4,16-17H2,1-3H3,(H,26,29)/t19-/m1/s1. The number of halogens is 1. The van der Waals surface area contributed by atoms with Crippen LogP contribution in [-0.4, -0.2) is 21.5 Å². The van der Waals surface area contributed by atoms with Crippen molar-refractivity contribution in [2.24, 2.45) is 0 Å². The van der Waals surface area contributed by atoms with Gasteiger partial charge in [-0.15, -0.1) is 0 Å². The highest BCUT2D eigenvalue weighted by atomic mass is 35.5. The van der Waals surface area contributed by atoms with Crippen LogP contribution in [-0.2, 0) is 13.1 Å². The number of hydrogen-bond acceptors (Lipinski definition) is 1. The molecule has 2 aromatic carbocycles. The SMILES string of the molecule is CC[C@@H](C)N(Cc1cccn1Cc1ccccc1Cl)C(=O)Nc1ccc(C)cc1. The molecule has 3 aromatic rings. The van der Waals surface area contributed by atoms with Crippen LogP contribution in [0, 0.1) is 6.92 Å². The summed E-state index contributed by atoms with van der Waals surface area (Å²) in [7, 11) is 0. The third-order valence-electron chi connectivity index (χ3n) is 5.24. The Balaban J connectivity index is 1.77. The van der Waals surface area contributed by atoms with Crippen molar-refractivity contribution in [1.82, 2.24) is 9.47 Å².